The van der Waals surface area contributed by atoms with E-state index in [1.165, 1.54) is 10.9 Å². The van der Waals surface area contributed by atoms with Gasteiger partial charge in [-0.05, 0) is 42.7 Å². The van der Waals surface area contributed by atoms with Gasteiger partial charge in [0.1, 0.15) is 5.75 Å². The molecule has 6 heteroatoms. The van der Waals surface area contributed by atoms with E-state index in [2.05, 4.69) is 4.98 Å². The average Bonchev–Trinajstić information content (AvgIpc) is 3.23. The van der Waals surface area contributed by atoms with Crippen molar-refractivity contribution in [1.82, 2.24) is 14.5 Å². The number of para-hydroxylation sites is 1. The highest BCUT2D eigenvalue weighted by molar-refractivity contribution is 5.78. The zero-order valence-electron chi connectivity index (χ0n) is 15.9. The van der Waals surface area contributed by atoms with Crippen molar-refractivity contribution in [2.24, 2.45) is 0 Å². The fourth-order valence-corrected chi connectivity index (χ4v) is 3.86. The molecule has 1 atom stereocenters. The fraction of sp³-hybridized carbons (Fsp3) is 0.318. The van der Waals surface area contributed by atoms with Crippen molar-refractivity contribution in [1.29, 1.82) is 0 Å². The summed E-state index contributed by atoms with van der Waals surface area (Å²) >= 11 is 0. The number of hydrogen-bond donors (Lipinski definition) is 0. The van der Waals surface area contributed by atoms with Crippen molar-refractivity contribution >= 4 is 16.8 Å². The van der Waals surface area contributed by atoms with Crippen molar-refractivity contribution in [2.45, 2.75) is 31.8 Å². The molecule has 2 aromatic carbocycles. The molecule has 0 radical (unpaired) electrons. The van der Waals surface area contributed by atoms with Crippen LogP contribution in [0.1, 0.15) is 30.9 Å². The van der Waals surface area contributed by atoms with Gasteiger partial charge in [0, 0.05) is 19.5 Å². The van der Waals surface area contributed by atoms with Crippen LogP contribution in [-0.2, 0) is 11.3 Å². The SMILES string of the molecule is COc1ccc([C@H]2CCCN2C(=O)CCn2cnc3ccccc3c2=O)cc1. The number of carbonyl (C=O) groups is 1. The van der Waals surface area contributed by atoms with Crippen LogP contribution in [0.25, 0.3) is 10.9 Å². The molecule has 0 saturated carbocycles. The molecule has 1 amide bonds. The molecule has 1 fully saturated rings. The van der Waals surface area contributed by atoms with Crippen LogP contribution in [-0.4, -0.2) is 34.0 Å². The Morgan fingerprint density at radius 2 is 1.96 bits per heavy atom. The lowest BCUT2D eigenvalue weighted by Gasteiger charge is -2.25. The van der Waals surface area contributed by atoms with E-state index >= 15 is 0 Å². The molecule has 3 aromatic rings. The zero-order valence-corrected chi connectivity index (χ0v) is 15.9. The first-order chi connectivity index (χ1) is 13.7. The summed E-state index contributed by atoms with van der Waals surface area (Å²) < 4.78 is 6.74. The number of likely N-dealkylation sites (tertiary alicyclic amines) is 1. The third kappa shape index (κ3) is 3.50. The number of carbonyl (C=O) groups excluding carboxylic acids is 1. The van der Waals surface area contributed by atoms with E-state index in [9.17, 15) is 9.59 Å². The lowest BCUT2D eigenvalue weighted by molar-refractivity contribution is -0.132. The summed E-state index contributed by atoms with van der Waals surface area (Å²) in [7, 11) is 1.64. The van der Waals surface area contributed by atoms with Crippen molar-refractivity contribution in [2.75, 3.05) is 13.7 Å². The highest BCUT2D eigenvalue weighted by Crippen LogP contribution is 2.33. The fourth-order valence-electron chi connectivity index (χ4n) is 3.86. The maximum Gasteiger partial charge on any atom is 0.261 e. The normalized spacial score (nSPS) is 16.5. The van der Waals surface area contributed by atoms with Crippen LogP contribution in [0.5, 0.6) is 5.75 Å². The van der Waals surface area contributed by atoms with E-state index in [-0.39, 0.29) is 23.9 Å². The summed E-state index contributed by atoms with van der Waals surface area (Å²) in [5.41, 5.74) is 1.69. The Labute approximate surface area is 163 Å². The second kappa shape index (κ2) is 7.84. The molecular formula is C22H23N3O3. The van der Waals surface area contributed by atoms with E-state index in [1.807, 2.05) is 47.4 Å². The first kappa shape index (κ1) is 18.2. The van der Waals surface area contributed by atoms with Crippen LogP contribution in [0.3, 0.4) is 0 Å². The largest absolute Gasteiger partial charge is 0.497 e. The van der Waals surface area contributed by atoms with E-state index in [1.54, 1.807) is 13.2 Å². The second-order valence-corrected chi connectivity index (χ2v) is 7.03. The number of amides is 1. The summed E-state index contributed by atoms with van der Waals surface area (Å²) in [6.45, 7) is 1.09. The number of hydrogen-bond acceptors (Lipinski definition) is 4. The summed E-state index contributed by atoms with van der Waals surface area (Å²) in [6, 6.07) is 15.2. The van der Waals surface area contributed by atoms with E-state index in [4.69, 9.17) is 4.74 Å². The molecule has 144 valence electrons. The maximum absolute atomic E-state index is 12.9. The molecule has 0 bridgehead atoms. The Morgan fingerprint density at radius 3 is 2.75 bits per heavy atom. The third-order valence-electron chi connectivity index (χ3n) is 5.37. The van der Waals surface area contributed by atoms with Crippen LogP contribution in [0, 0.1) is 0 Å². The van der Waals surface area contributed by atoms with Crippen LogP contribution in [0.4, 0.5) is 0 Å². The zero-order chi connectivity index (χ0) is 19.5. The molecule has 0 N–H and O–H groups in total. The Hall–Kier alpha value is -3.15. The molecule has 0 aliphatic carbocycles. The van der Waals surface area contributed by atoms with Gasteiger partial charge in [-0.1, -0.05) is 24.3 Å². The van der Waals surface area contributed by atoms with Gasteiger partial charge in [0.05, 0.1) is 30.4 Å². The Morgan fingerprint density at radius 1 is 1.18 bits per heavy atom. The minimum Gasteiger partial charge on any atom is -0.497 e. The van der Waals surface area contributed by atoms with Crippen LogP contribution in [0.2, 0.25) is 0 Å². The number of aryl methyl sites for hydroxylation is 1. The predicted octanol–water partition coefficient (Wildman–Crippen LogP) is 3.16. The number of benzene rings is 2. The Bertz CT molecular complexity index is 1040. The smallest absolute Gasteiger partial charge is 0.261 e. The van der Waals surface area contributed by atoms with Gasteiger partial charge in [0.2, 0.25) is 5.91 Å². The second-order valence-electron chi connectivity index (χ2n) is 7.03. The van der Waals surface area contributed by atoms with E-state index in [0.29, 0.717) is 17.4 Å². The van der Waals surface area contributed by atoms with Gasteiger partial charge in [0.15, 0.2) is 0 Å². The van der Waals surface area contributed by atoms with Crippen LogP contribution >= 0.6 is 0 Å². The molecule has 0 unspecified atom stereocenters. The molecule has 1 aliphatic heterocycles. The van der Waals surface area contributed by atoms with Gasteiger partial charge in [0.25, 0.3) is 5.56 Å². The number of aromatic nitrogens is 2. The lowest BCUT2D eigenvalue weighted by Crippen LogP contribution is -2.32. The van der Waals surface area contributed by atoms with Gasteiger partial charge < -0.3 is 9.64 Å². The first-order valence-electron chi connectivity index (χ1n) is 9.55. The standard InChI is InChI=1S/C22H23N3O3/c1-28-17-10-8-16(9-11-17)20-7-4-13-25(20)21(26)12-14-24-15-23-19-6-3-2-5-18(19)22(24)27/h2-3,5-6,8-11,15,20H,4,7,12-14H2,1H3/t20-/m1/s1. The van der Waals surface area contributed by atoms with Gasteiger partial charge in [-0.15, -0.1) is 0 Å². The highest BCUT2D eigenvalue weighted by Gasteiger charge is 2.29. The summed E-state index contributed by atoms with van der Waals surface area (Å²) in [6.07, 6.45) is 3.75. The topological polar surface area (TPSA) is 64.4 Å². The van der Waals surface area contributed by atoms with Crippen molar-refractivity contribution < 1.29 is 9.53 Å². The lowest BCUT2D eigenvalue weighted by atomic mass is 10.0. The van der Waals surface area contributed by atoms with Crippen molar-refractivity contribution in [3.63, 3.8) is 0 Å². The minimum atomic E-state index is -0.105. The van der Waals surface area contributed by atoms with Gasteiger partial charge >= 0.3 is 0 Å². The first-order valence-corrected chi connectivity index (χ1v) is 9.55. The minimum absolute atomic E-state index is 0.0679. The molecule has 6 nitrogen and oxygen atoms in total. The number of fused-ring (bicyclic) bond motifs is 1. The molecule has 0 spiro atoms. The monoisotopic (exact) mass is 377 g/mol. The molecule has 1 saturated heterocycles. The number of rotatable bonds is 5. The Kier molecular flexibility index (Phi) is 5.10. The molecule has 28 heavy (non-hydrogen) atoms. The molecule has 1 aromatic heterocycles. The van der Waals surface area contributed by atoms with Gasteiger partial charge in [-0.25, -0.2) is 4.98 Å². The summed E-state index contributed by atoms with van der Waals surface area (Å²) in [5.74, 6) is 0.876. The van der Waals surface area contributed by atoms with E-state index < -0.39 is 0 Å². The highest BCUT2D eigenvalue weighted by atomic mass is 16.5. The van der Waals surface area contributed by atoms with Crippen molar-refractivity contribution in [3.8, 4) is 5.75 Å². The van der Waals surface area contributed by atoms with Crippen molar-refractivity contribution in [3.05, 3.63) is 70.8 Å². The Balaban J connectivity index is 1.47. The maximum atomic E-state index is 12.9. The average molecular weight is 377 g/mol. The van der Waals surface area contributed by atoms with Gasteiger partial charge in [-0.3, -0.25) is 14.2 Å². The van der Waals surface area contributed by atoms with Crippen LogP contribution < -0.4 is 10.3 Å². The summed E-state index contributed by atoms with van der Waals surface area (Å²) in [5, 5.41) is 0.578. The number of nitrogens with zero attached hydrogens (tertiary/aromatic N) is 3. The molecule has 2 heterocycles. The third-order valence-corrected chi connectivity index (χ3v) is 5.37. The molecular weight excluding hydrogens is 354 g/mol. The predicted molar refractivity (Wildman–Crippen MR) is 107 cm³/mol. The quantitative estimate of drug-likeness (QED) is 0.685. The molecule has 1 aliphatic rings. The van der Waals surface area contributed by atoms with Gasteiger partial charge in [-0.2, -0.15) is 0 Å². The number of ether oxygens (including phenoxy) is 1. The number of methoxy groups -OCH3 is 1. The summed E-state index contributed by atoms with van der Waals surface area (Å²) in [4.78, 5) is 31.7. The molecule has 4 rings (SSSR count). The van der Waals surface area contributed by atoms with E-state index in [0.717, 1.165) is 30.7 Å². The van der Waals surface area contributed by atoms with Crippen LogP contribution in [0.15, 0.2) is 59.7 Å².